The molecule has 0 spiro atoms. The normalized spacial score (nSPS) is 22.7. The highest BCUT2D eigenvalue weighted by atomic mass is 15.2. The molecule has 2 aliphatic heterocycles. The fourth-order valence-electron chi connectivity index (χ4n) is 4.87. The van der Waals surface area contributed by atoms with Gasteiger partial charge in [-0.15, -0.1) is 0 Å². The number of pyridine rings is 1. The number of nitrogens with zero attached hydrogens (tertiary/aromatic N) is 3. The second-order valence-electron chi connectivity index (χ2n) is 8.40. The molecule has 144 valence electrons. The number of hydrogen-bond donors (Lipinski definition) is 0. The average Bonchev–Trinajstić information content (AvgIpc) is 2.75. The molecule has 0 amide bonds. The molecule has 3 heteroatoms. The van der Waals surface area contributed by atoms with Crippen LogP contribution < -0.4 is 0 Å². The van der Waals surface area contributed by atoms with Gasteiger partial charge >= 0.3 is 0 Å². The van der Waals surface area contributed by atoms with Crippen LogP contribution in [-0.4, -0.2) is 47.0 Å². The summed E-state index contributed by atoms with van der Waals surface area (Å²) in [4.78, 5) is 9.67. The Bertz CT molecular complexity index is 665. The molecule has 4 rings (SSSR count). The summed E-state index contributed by atoms with van der Waals surface area (Å²) < 4.78 is 0. The van der Waals surface area contributed by atoms with Crippen LogP contribution in [0.5, 0.6) is 0 Å². The van der Waals surface area contributed by atoms with Gasteiger partial charge in [0.05, 0.1) is 0 Å². The number of likely N-dealkylation sites (tertiary alicyclic amines) is 2. The van der Waals surface area contributed by atoms with E-state index >= 15 is 0 Å². The Balaban J connectivity index is 1.22. The summed E-state index contributed by atoms with van der Waals surface area (Å²) in [5.74, 6) is 0.882. The number of benzene rings is 1. The Morgan fingerprint density at radius 2 is 1.70 bits per heavy atom. The number of aryl methyl sites for hydroxylation is 1. The predicted molar refractivity (Wildman–Crippen MR) is 112 cm³/mol. The molecule has 0 aliphatic carbocycles. The largest absolute Gasteiger partial charge is 0.300 e. The van der Waals surface area contributed by atoms with Crippen LogP contribution in [0.3, 0.4) is 0 Å². The molecule has 1 aromatic carbocycles. The molecule has 2 fully saturated rings. The van der Waals surface area contributed by atoms with Gasteiger partial charge in [0, 0.05) is 31.5 Å². The van der Waals surface area contributed by atoms with Gasteiger partial charge in [-0.05, 0) is 81.3 Å². The van der Waals surface area contributed by atoms with E-state index in [1.807, 2.05) is 18.5 Å². The molecule has 0 N–H and O–H groups in total. The molecule has 0 radical (unpaired) electrons. The third-order valence-corrected chi connectivity index (χ3v) is 6.44. The van der Waals surface area contributed by atoms with E-state index in [1.165, 1.54) is 75.8 Å². The quantitative estimate of drug-likeness (QED) is 0.759. The van der Waals surface area contributed by atoms with Gasteiger partial charge in [-0.1, -0.05) is 36.4 Å². The highest BCUT2D eigenvalue weighted by molar-refractivity contribution is 5.14. The van der Waals surface area contributed by atoms with E-state index in [2.05, 4.69) is 51.2 Å². The Morgan fingerprint density at radius 1 is 0.889 bits per heavy atom. The lowest BCUT2D eigenvalue weighted by atomic mass is 9.89. The van der Waals surface area contributed by atoms with E-state index in [1.54, 1.807) is 0 Å². The molecular formula is C24H33N3. The van der Waals surface area contributed by atoms with E-state index in [4.69, 9.17) is 0 Å². The van der Waals surface area contributed by atoms with E-state index in [9.17, 15) is 0 Å². The summed E-state index contributed by atoms with van der Waals surface area (Å²) >= 11 is 0. The van der Waals surface area contributed by atoms with Crippen molar-refractivity contribution in [3.05, 3.63) is 66.0 Å². The molecule has 3 heterocycles. The molecule has 2 aliphatic rings. The Morgan fingerprint density at radius 3 is 2.48 bits per heavy atom. The Kier molecular flexibility index (Phi) is 6.54. The maximum atomic E-state index is 4.25. The van der Waals surface area contributed by atoms with Gasteiger partial charge in [-0.2, -0.15) is 0 Å². The third kappa shape index (κ3) is 5.40. The minimum Gasteiger partial charge on any atom is -0.300 e. The second kappa shape index (κ2) is 9.48. The van der Waals surface area contributed by atoms with Crippen LogP contribution in [-0.2, 0) is 13.0 Å². The molecule has 0 bridgehead atoms. The van der Waals surface area contributed by atoms with Crippen LogP contribution >= 0.6 is 0 Å². The standard InChI is InChI=1S/C24H33N3/c1-2-6-21(7-3-1)10-11-22-9-5-15-27(20-22)24-12-16-26(17-13-24)19-23-8-4-14-25-18-23/h1-4,6-8,14,18,22,24H,5,9-13,15-17,19-20H2. The maximum Gasteiger partial charge on any atom is 0.0312 e. The summed E-state index contributed by atoms with van der Waals surface area (Å²) in [7, 11) is 0. The van der Waals surface area contributed by atoms with Crippen LogP contribution in [0.1, 0.15) is 43.2 Å². The molecular weight excluding hydrogens is 330 g/mol. The van der Waals surface area contributed by atoms with E-state index < -0.39 is 0 Å². The zero-order valence-corrected chi connectivity index (χ0v) is 16.5. The topological polar surface area (TPSA) is 19.4 Å². The molecule has 1 aromatic heterocycles. The van der Waals surface area contributed by atoms with Gasteiger partial charge in [0.2, 0.25) is 0 Å². The van der Waals surface area contributed by atoms with Crippen LogP contribution in [0.4, 0.5) is 0 Å². The predicted octanol–water partition coefficient (Wildman–Crippen LogP) is 4.39. The van der Waals surface area contributed by atoms with Gasteiger partial charge in [-0.3, -0.25) is 9.88 Å². The van der Waals surface area contributed by atoms with Crippen LogP contribution in [0.15, 0.2) is 54.9 Å². The van der Waals surface area contributed by atoms with Gasteiger partial charge in [0.1, 0.15) is 0 Å². The first-order valence-corrected chi connectivity index (χ1v) is 10.8. The van der Waals surface area contributed by atoms with Crippen molar-refractivity contribution in [2.75, 3.05) is 26.2 Å². The van der Waals surface area contributed by atoms with Crippen LogP contribution in [0.25, 0.3) is 0 Å². The Labute approximate surface area is 164 Å². The lowest BCUT2D eigenvalue weighted by Gasteiger charge is -2.42. The maximum absolute atomic E-state index is 4.25. The smallest absolute Gasteiger partial charge is 0.0312 e. The molecule has 2 saturated heterocycles. The minimum atomic E-state index is 0.801. The van der Waals surface area contributed by atoms with Crippen molar-refractivity contribution in [1.29, 1.82) is 0 Å². The molecule has 1 unspecified atom stereocenters. The van der Waals surface area contributed by atoms with Crippen molar-refractivity contribution >= 4 is 0 Å². The fourth-order valence-corrected chi connectivity index (χ4v) is 4.87. The van der Waals surface area contributed by atoms with Gasteiger partial charge in [0.15, 0.2) is 0 Å². The third-order valence-electron chi connectivity index (χ3n) is 6.44. The number of piperidine rings is 2. The minimum absolute atomic E-state index is 0.801. The van der Waals surface area contributed by atoms with Crippen molar-refractivity contribution in [3.63, 3.8) is 0 Å². The van der Waals surface area contributed by atoms with Gasteiger partial charge < -0.3 is 4.90 Å². The van der Waals surface area contributed by atoms with Crippen LogP contribution in [0, 0.1) is 5.92 Å². The highest BCUT2D eigenvalue weighted by Gasteiger charge is 2.28. The molecule has 27 heavy (non-hydrogen) atoms. The average molecular weight is 364 g/mol. The SMILES string of the molecule is c1ccc(CCC2CCCN(C3CCN(Cc4cccnc4)CC3)C2)cc1. The lowest BCUT2D eigenvalue weighted by Crippen LogP contribution is -2.48. The lowest BCUT2D eigenvalue weighted by molar-refractivity contribution is 0.0674. The monoisotopic (exact) mass is 363 g/mol. The van der Waals surface area contributed by atoms with Gasteiger partial charge in [0.25, 0.3) is 0 Å². The molecule has 0 saturated carbocycles. The summed E-state index contributed by atoms with van der Waals surface area (Å²) in [5.41, 5.74) is 2.84. The number of hydrogen-bond acceptors (Lipinski definition) is 3. The highest BCUT2D eigenvalue weighted by Crippen LogP contribution is 2.27. The zero-order valence-electron chi connectivity index (χ0n) is 16.5. The zero-order chi connectivity index (χ0) is 18.3. The Hall–Kier alpha value is -1.71. The van der Waals surface area contributed by atoms with Gasteiger partial charge in [-0.25, -0.2) is 0 Å². The first kappa shape index (κ1) is 18.6. The summed E-state index contributed by atoms with van der Waals surface area (Å²) in [5, 5.41) is 0. The number of aromatic nitrogens is 1. The summed E-state index contributed by atoms with van der Waals surface area (Å²) in [6.45, 7) is 6.14. The van der Waals surface area contributed by atoms with Crippen molar-refractivity contribution in [1.82, 2.24) is 14.8 Å². The molecule has 2 aromatic rings. The molecule has 3 nitrogen and oxygen atoms in total. The first-order chi connectivity index (χ1) is 13.4. The van der Waals surface area contributed by atoms with Crippen molar-refractivity contribution in [2.24, 2.45) is 5.92 Å². The first-order valence-electron chi connectivity index (χ1n) is 10.8. The molecule has 1 atom stereocenters. The second-order valence-corrected chi connectivity index (χ2v) is 8.40. The van der Waals surface area contributed by atoms with E-state index in [0.717, 1.165) is 18.5 Å². The van der Waals surface area contributed by atoms with Crippen molar-refractivity contribution in [3.8, 4) is 0 Å². The van der Waals surface area contributed by atoms with E-state index in [-0.39, 0.29) is 0 Å². The summed E-state index contributed by atoms with van der Waals surface area (Å²) in [6.07, 6.45) is 11.9. The number of rotatable bonds is 6. The van der Waals surface area contributed by atoms with Crippen molar-refractivity contribution < 1.29 is 0 Å². The summed E-state index contributed by atoms with van der Waals surface area (Å²) in [6, 6.07) is 16.1. The van der Waals surface area contributed by atoms with E-state index in [0.29, 0.717) is 0 Å². The van der Waals surface area contributed by atoms with Crippen LogP contribution in [0.2, 0.25) is 0 Å². The fraction of sp³-hybridized carbons (Fsp3) is 0.542. The van der Waals surface area contributed by atoms with Crippen molar-refractivity contribution in [2.45, 2.75) is 51.1 Å².